The van der Waals surface area contributed by atoms with E-state index in [0.717, 1.165) is 30.8 Å². The molecule has 118 valence electrons. The maximum Gasteiger partial charge on any atom is 0.168 e. The van der Waals surface area contributed by atoms with E-state index in [0.29, 0.717) is 29.4 Å². The molecule has 0 amide bonds. The largest absolute Gasteiger partial charge is 0.493 e. The highest BCUT2D eigenvalue weighted by Crippen LogP contribution is 2.32. The lowest BCUT2D eigenvalue weighted by Gasteiger charge is -2.19. The number of rotatable bonds is 8. The Balaban J connectivity index is 3.04. The van der Waals surface area contributed by atoms with Crippen LogP contribution in [0.15, 0.2) is 6.07 Å². The van der Waals surface area contributed by atoms with Crippen LogP contribution in [0.3, 0.4) is 0 Å². The molecule has 0 saturated carbocycles. The first-order valence-electron chi connectivity index (χ1n) is 7.64. The number of ketones is 1. The van der Waals surface area contributed by atoms with Gasteiger partial charge in [0.2, 0.25) is 0 Å². The Morgan fingerprint density at radius 3 is 2.38 bits per heavy atom. The fraction of sp³-hybridized carbons (Fsp3) is 0.588. The van der Waals surface area contributed by atoms with Gasteiger partial charge in [-0.1, -0.05) is 25.4 Å². The summed E-state index contributed by atoms with van der Waals surface area (Å²) in [5, 5.41) is 0.657. The van der Waals surface area contributed by atoms with Crippen molar-refractivity contribution in [2.24, 2.45) is 0 Å². The molecular formula is C17H26ClNO2. The Labute approximate surface area is 133 Å². The molecule has 0 aromatic heterocycles. The second-order valence-corrected chi connectivity index (χ2v) is 5.52. The first kappa shape index (κ1) is 18.0. The van der Waals surface area contributed by atoms with Crippen molar-refractivity contribution in [2.45, 2.75) is 41.0 Å². The third-order valence-corrected chi connectivity index (χ3v) is 4.35. The molecule has 1 aromatic rings. The van der Waals surface area contributed by atoms with E-state index in [9.17, 15) is 4.79 Å². The number of aryl methyl sites for hydroxylation is 1. The average Bonchev–Trinajstić information content (AvgIpc) is 2.46. The normalized spacial score (nSPS) is 11.0. The van der Waals surface area contributed by atoms with E-state index >= 15 is 0 Å². The van der Waals surface area contributed by atoms with Gasteiger partial charge in [0.25, 0.3) is 0 Å². The van der Waals surface area contributed by atoms with Crippen LogP contribution in [-0.4, -0.2) is 36.9 Å². The number of hydrogen-bond donors (Lipinski definition) is 0. The Hall–Kier alpha value is -1.06. The summed E-state index contributed by atoms with van der Waals surface area (Å²) < 4.78 is 5.64. The zero-order valence-corrected chi connectivity index (χ0v) is 14.5. The maximum absolute atomic E-state index is 12.6. The van der Waals surface area contributed by atoms with Gasteiger partial charge in [0, 0.05) is 18.0 Å². The van der Waals surface area contributed by atoms with E-state index in [1.165, 1.54) is 0 Å². The summed E-state index contributed by atoms with van der Waals surface area (Å²) in [7, 11) is 0. The summed E-state index contributed by atoms with van der Waals surface area (Å²) in [4.78, 5) is 14.8. The number of ether oxygens (including phenoxy) is 1. The van der Waals surface area contributed by atoms with Crippen LogP contribution in [0.1, 0.15) is 48.7 Å². The van der Waals surface area contributed by atoms with Gasteiger partial charge in [-0.25, -0.2) is 0 Å². The predicted octanol–water partition coefficient (Wildman–Crippen LogP) is 4.27. The van der Waals surface area contributed by atoms with Gasteiger partial charge < -0.3 is 9.64 Å². The van der Waals surface area contributed by atoms with Crippen LogP contribution in [0, 0.1) is 13.8 Å². The number of carbonyl (C=O) groups excluding carboxylic acids is 1. The Morgan fingerprint density at radius 1 is 1.24 bits per heavy atom. The molecule has 0 fully saturated rings. The van der Waals surface area contributed by atoms with Gasteiger partial charge in [-0.15, -0.1) is 0 Å². The molecule has 3 nitrogen and oxygen atoms in total. The molecule has 0 heterocycles. The summed E-state index contributed by atoms with van der Waals surface area (Å²) >= 11 is 6.30. The van der Waals surface area contributed by atoms with Crippen molar-refractivity contribution in [1.29, 1.82) is 0 Å². The van der Waals surface area contributed by atoms with Crippen molar-refractivity contribution in [1.82, 2.24) is 4.90 Å². The highest BCUT2D eigenvalue weighted by Gasteiger charge is 2.19. The lowest BCUT2D eigenvalue weighted by atomic mass is 9.98. The quantitative estimate of drug-likeness (QED) is 0.671. The van der Waals surface area contributed by atoms with Crippen LogP contribution in [-0.2, 0) is 0 Å². The van der Waals surface area contributed by atoms with Gasteiger partial charge in [-0.2, -0.15) is 0 Å². The summed E-state index contributed by atoms with van der Waals surface area (Å²) in [6, 6.07) is 1.86. The van der Waals surface area contributed by atoms with Crippen molar-refractivity contribution in [3.8, 4) is 5.75 Å². The van der Waals surface area contributed by atoms with Gasteiger partial charge in [0.15, 0.2) is 5.78 Å². The molecule has 0 atom stereocenters. The topological polar surface area (TPSA) is 29.5 Å². The molecule has 21 heavy (non-hydrogen) atoms. The Morgan fingerprint density at radius 2 is 1.86 bits per heavy atom. The molecule has 1 aromatic carbocycles. The first-order valence-corrected chi connectivity index (χ1v) is 8.01. The summed E-state index contributed by atoms with van der Waals surface area (Å²) in [5.74, 6) is 0.756. The lowest BCUT2D eigenvalue weighted by Crippen LogP contribution is -2.26. The van der Waals surface area contributed by atoms with Crippen molar-refractivity contribution < 1.29 is 9.53 Å². The fourth-order valence-electron chi connectivity index (χ4n) is 2.46. The number of benzene rings is 1. The van der Waals surface area contributed by atoms with Crippen LogP contribution >= 0.6 is 11.6 Å². The minimum absolute atomic E-state index is 0.102. The highest BCUT2D eigenvalue weighted by atomic mass is 35.5. The molecule has 0 radical (unpaired) electrons. The smallest absolute Gasteiger partial charge is 0.168 e. The molecule has 0 aliphatic carbocycles. The minimum Gasteiger partial charge on any atom is -0.493 e. The van der Waals surface area contributed by atoms with Crippen molar-refractivity contribution >= 4 is 17.4 Å². The van der Waals surface area contributed by atoms with Crippen LogP contribution in [0.2, 0.25) is 5.02 Å². The van der Waals surface area contributed by atoms with Crippen LogP contribution < -0.4 is 4.74 Å². The Kier molecular flexibility index (Phi) is 7.20. The standard InChI is InChI=1S/C17H26ClNO2/c1-6-19(7-2)10-9-14(20)16-13(5)17(18)12(4)11-15(16)21-8-3/h11H,6-10H2,1-5H3. The average molecular weight is 312 g/mol. The first-order chi connectivity index (χ1) is 9.96. The van der Waals surface area contributed by atoms with E-state index in [4.69, 9.17) is 16.3 Å². The van der Waals surface area contributed by atoms with Gasteiger partial charge >= 0.3 is 0 Å². The summed E-state index contributed by atoms with van der Waals surface area (Å²) in [5.41, 5.74) is 2.40. The van der Waals surface area contributed by atoms with E-state index in [1.807, 2.05) is 26.8 Å². The molecular weight excluding hydrogens is 286 g/mol. The third kappa shape index (κ3) is 4.45. The zero-order chi connectivity index (χ0) is 16.0. The van der Waals surface area contributed by atoms with Crippen LogP contribution in [0.4, 0.5) is 0 Å². The SMILES string of the molecule is CCOc1cc(C)c(Cl)c(C)c1C(=O)CCN(CC)CC. The van der Waals surface area contributed by atoms with Crippen molar-refractivity contribution in [3.05, 3.63) is 27.8 Å². The monoisotopic (exact) mass is 311 g/mol. The molecule has 0 N–H and O–H groups in total. The van der Waals surface area contributed by atoms with Gasteiger partial charge in [0.1, 0.15) is 5.75 Å². The molecule has 0 aliphatic rings. The fourth-order valence-corrected chi connectivity index (χ4v) is 2.61. The van der Waals surface area contributed by atoms with Gasteiger partial charge in [-0.05, 0) is 51.1 Å². The molecule has 0 unspecified atom stereocenters. The van der Waals surface area contributed by atoms with Crippen molar-refractivity contribution in [3.63, 3.8) is 0 Å². The van der Waals surface area contributed by atoms with Gasteiger partial charge in [-0.3, -0.25) is 4.79 Å². The molecule has 0 aliphatic heterocycles. The number of nitrogens with zero attached hydrogens (tertiary/aromatic N) is 1. The second-order valence-electron chi connectivity index (χ2n) is 5.14. The third-order valence-electron chi connectivity index (χ3n) is 3.77. The molecule has 4 heteroatoms. The van der Waals surface area contributed by atoms with E-state index in [2.05, 4.69) is 18.7 Å². The number of hydrogen-bond acceptors (Lipinski definition) is 3. The summed E-state index contributed by atoms with van der Waals surface area (Å²) in [6.45, 7) is 13.2. The number of carbonyl (C=O) groups is 1. The van der Waals surface area contributed by atoms with E-state index < -0.39 is 0 Å². The maximum atomic E-state index is 12.6. The second kappa shape index (κ2) is 8.40. The lowest BCUT2D eigenvalue weighted by molar-refractivity contribution is 0.0962. The highest BCUT2D eigenvalue weighted by molar-refractivity contribution is 6.32. The van der Waals surface area contributed by atoms with Gasteiger partial charge in [0.05, 0.1) is 12.2 Å². The zero-order valence-electron chi connectivity index (χ0n) is 13.8. The van der Waals surface area contributed by atoms with Crippen molar-refractivity contribution in [2.75, 3.05) is 26.2 Å². The van der Waals surface area contributed by atoms with Crippen LogP contribution in [0.25, 0.3) is 0 Å². The van der Waals surface area contributed by atoms with E-state index in [1.54, 1.807) is 0 Å². The predicted molar refractivity (Wildman–Crippen MR) is 88.8 cm³/mol. The minimum atomic E-state index is 0.102. The molecule has 0 saturated heterocycles. The number of halogens is 1. The summed E-state index contributed by atoms with van der Waals surface area (Å²) in [6.07, 6.45) is 0.488. The molecule has 1 rings (SSSR count). The van der Waals surface area contributed by atoms with E-state index in [-0.39, 0.29) is 5.78 Å². The molecule has 0 spiro atoms. The number of Topliss-reactive ketones (excluding diaryl/α,β-unsaturated/α-hetero) is 1. The molecule has 0 bridgehead atoms. The van der Waals surface area contributed by atoms with Crippen LogP contribution in [0.5, 0.6) is 5.75 Å². The Bertz CT molecular complexity index is 496.